The Bertz CT molecular complexity index is 931. The molecule has 0 saturated carbocycles. The van der Waals surface area contributed by atoms with E-state index in [1.807, 2.05) is 50.2 Å². The largest absolute Gasteiger partial charge is 0.440 e. The van der Waals surface area contributed by atoms with Crippen LogP contribution < -0.4 is 15.1 Å². The molecule has 2 fully saturated rings. The number of carbonyl (C=O) groups excluding carboxylic acids is 2. The van der Waals surface area contributed by atoms with E-state index < -0.39 is 17.9 Å². The number of carbonyl (C=O) groups is 2. The van der Waals surface area contributed by atoms with E-state index in [1.54, 1.807) is 9.80 Å². The molecule has 1 aromatic carbocycles. The molecule has 2 N–H and O–H groups in total. The van der Waals surface area contributed by atoms with Crippen molar-refractivity contribution >= 4 is 34.7 Å². The molecule has 0 aliphatic carbocycles. The van der Waals surface area contributed by atoms with E-state index in [9.17, 15) is 14.7 Å². The van der Waals surface area contributed by atoms with Crippen LogP contribution in [0.2, 0.25) is 0 Å². The number of hydrogen-bond acceptors (Lipinski definition) is 7. The molecule has 30 heavy (non-hydrogen) atoms. The van der Waals surface area contributed by atoms with Crippen molar-refractivity contribution in [2.24, 2.45) is 0 Å². The predicted molar refractivity (Wildman–Crippen MR) is 114 cm³/mol. The molecule has 1 aromatic heterocycles. The fourth-order valence-corrected chi connectivity index (χ4v) is 4.44. The summed E-state index contributed by atoms with van der Waals surface area (Å²) >= 11 is 1.52. The first-order chi connectivity index (χ1) is 14.3. The number of aryl methyl sites for hydroxylation is 1. The van der Waals surface area contributed by atoms with Gasteiger partial charge in [-0.25, -0.2) is 4.79 Å². The highest BCUT2D eigenvalue weighted by molar-refractivity contribution is 7.11. The third-order valence-corrected chi connectivity index (χ3v) is 6.26. The quantitative estimate of drug-likeness (QED) is 0.683. The molecule has 2 amide bonds. The van der Waals surface area contributed by atoms with Crippen LogP contribution in [-0.2, 0) is 14.3 Å². The van der Waals surface area contributed by atoms with E-state index in [-0.39, 0.29) is 12.5 Å². The first-order valence-electron chi connectivity index (χ1n) is 9.81. The number of hydrogen-bond donors (Lipinski definition) is 2. The fraction of sp³-hybridized carbons (Fsp3) is 0.429. The van der Waals surface area contributed by atoms with Crippen LogP contribution in [0, 0.1) is 6.92 Å². The Morgan fingerprint density at radius 3 is 2.50 bits per heavy atom. The van der Waals surface area contributed by atoms with Crippen molar-refractivity contribution in [3.63, 3.8) is 0 Å². The van der Waals surface area contributed by atoms with Gasteiger partial charge in [0.05, 0.1) is 13.2 Å². The average molecular weight is 432 g/mol. The zero-order valence-electron chi connectivity index (χ0n) is 17.0. The monoisotopic (exact) mass is 431 g/mol. The summed E-state index contributed by atoms with van der Waals surface area (Å²) in [7, 11) is 0. The smallest absolute Gasteiger partial charge is 0.415 e. The molecule has 2 aliphatic heterocycles. The summed E-state index contributed by atoms with van der Waals surface area (Å²) in [4.78, 5) is 29.7. The van der Waals surface area contributed by atoms with Crippen LogP contribution >= 0.6 is 11.3 Å². The minimum absolute atomic E-state index is 0.0762. The number of ether oxygens (including phenoxy) is 2. The zero-order valence-corrected chi connectivity index (χ0v) is 17.8. The van der Waals surface area contributed by atoms with Gasteiger partial charge < -0.3 is 19.5 Å². The number of cyclic esters (lactones) is 1. The summed E-state index contributed by atoms with van der Waals surface area (Å²) in [5.41, 5.74) is 0.699. The first-order valence-corrected chi connectivity index (χ1v) is 10.6. The normalized spacial score (nSPS) is 23.0. The van der Waals surface area contributed by atoms with Crippen LogP contribution in [0.1, 0.15) is 22.9 Å². The van der Waals surface area contributed by atoms with E-state index in [4.69, 9.17) is 9.47 Å². The average Bonchev–Trinajstić information content (AvgIpc) is 3.30. The molecule has 0 radical (unpaired) electrons. The first kappa shape index (κ1) is 20.8. The minimum atomic E-state index is -0.807. The van der Waals surface area contributed by atoms with Crippen molar-refractivity contribution in [3.05, 3.63) is 46.2 Å². The number of morpholine rings is 1. The molecule has 2 saturated heterocycles. The van der Waals surface area contributed by atoms with Crippen molar-refractivity contribution in [2.45, 2.75) is 25.7 Å². The molecule has 2 aromatic rings. The van der Waals surface area contributed by atoms with Crippen molar-refractivity contribution in [2.75, 3.05) is 42.6 Å². The van der Waals surface area contributed by atoms with Gasteiger partial charge in [0.15, 0.2) is 0 Å². The lowest BCUT2D eigenvalue weighted by atomic mass is 10.1. The standard InChI is InChI=1S/C21H25N3O5S/c1-14-3-8-17(30-14)19(26)22-12-21(2)13-24(20(27)29-21)16-6-4-15(5-7-16)23-9-10-28-11-18(23)25/h3-8,19,22,26H,9-13H2,1-2H3/t19?,21-/m0/s1. The molecular formula is C21H25N3O5S. The van der Waals surface area contributed by atoms with Crippen LogP contribution in [0.3, 0.4) is 0 Å². The predicted octanol–water partition coefficient (Wildman–Crippen LogP) is 2.42. The second kappa shape index (κ2) is 8.35. The second-order valence-electron chi connectivity index (χ2n) is 7.75. The molecule has 4 rings (SSSR count). The highest BCUT2D eigenvalue weighted by Gasteiger charge is 2.42. The van der Waals surface area contributed by atoms with Crippen molar-refractivity contribution in [1.29, 1.82) is 0 Å². The Morgan fingerprint density at radius 2 is 1.87 bits per heavy atom. The van der Waals surface area contributed by atoms with Crippen LogP contribution in [0.4, 0.5) is 16.2 Å². The lowest BCUT2D eigenvalue weighted by molar-refractivity contribution is -0.125. The van der Waals surface area contributed by atoms with Crippen LogP contribution in [-0.4, -0.2) is 55.6 Å². The Kier molecular flexibility index (Phi) is 5.79. The lowest BCUT2D eigenvalue weighted by Gasteiger charge is -2.27. The molecule has 3 heterocycles. The summed E-state index contributed by atoms with van der Waals surface area (Å²) < 4.78 is 10.8. The third-order valence-electron chi connectivity index (χ3n) is 5.21. The summed E-state index contributed by atoms with van der Waals surface area (Å²) in [6.45, 7) is 5.60. The molecule has 0 spiro atoms. The van der Waals surface area contributed by atoms with Crippen LogP contribution in [0.5, 0.6) is 0 Å². The van der Waals surface area contributed by atoms with E-state index in [1.165, 1.54) is 11.3 Å². The Balaban J connectivity index is 1.39. The number of rotatable bonds is 6. The number of thiophene rings is 1. The van der Waals surface area contributed by atoms with Gasteiger partial charge >= 0.3 is 6.09 Å². The maximum atomic E-state index is 12.5. The molecule has 1 unspecified atom stereocenters. The number of nitrogens with one attached hydrogen (secondary N) is 1. The second-order valence-corrected chi connectivity index (χ2v) is 9.07. The van der Waals surface area contributed by atoms with E-state index in [0.717, 1.165) is 15.4 Å². The van der Waals surface area contributed by atoms with E-state index in [2.05, 4.69) is 5.32 Å². The molecular weight excluding hydrogens is 406 g/mol. The topological polar surface area (TPSA) is 91.3 Å². The fourth-order valence-electron chi connectivity index (χ4n) is 3.60. The lowest BCUT2D eigenvalue weighted by Crippen LogP contribution is -2.42. The van der Waals surface area contributed by atoms with Gasteiger partial charge in [-0.15, -0.1) is 11.3 Å². The molecule has 2 atom stereocenters. The SMILES string of the molecule is Cc1ccc(C(O)NC[C@@]2(C)CN(c3ccc(N4CCOCC4=O)cc3)C(=O)O2)s1. The van der Waals surface area contributed by atoms with Gasteiger partial charge in [-0.1, -0.05) is 0 Å². The van der Waals surface area contributed by atoms with Crippen LogP contribution in [0.15, 0.2) is 36.4 Å². The van der Waals surface area contributed by atoms with E-state index >= 15 is 0 Å². The summed E-state index contributed by atoms with van der Waals surface area (Å²) in [5.74, 6) is -0.0762. The third kappa shape index (κ3) is 4.34. The number of anilines is 2. The highest BCUT2D eigenvalue weighted by atomic mass is 32.1. The van der Waals surface area contributed by atoms with Gasteiger partial charge in [-0.2, -0.15) is 0 Å². The highest BCUT2D eigenvalue weighted by Crippen LogP contribution is 2.30. The van der Waals surface area contributed by atoms with Gasteiger partial charge in [0.1, 0.15) is 18.4 Å². The van der Waals surface area contributed by atoms with Crippen molar-refractivity contribution in [3.8, 4) is 0 Å². The van der Waals surface area contributed by atoms with E-state index in [0.29, 0.717) is 31.9 Å². The molecule has 2 aliphatic rings. The molecule has 0 bridgehead atoms. The summed E-state index contributed by atoms with van der Waals surface area (Å²) in [5, 5.41) is 13.4. The number of aliphatic hydroxyl groups excluding tert-OH is 1. The van der Waals surface area contributed by atoms with Gasteiger partial charge in [0, 0.05) is 34.2 Å². The Morgan fingerprint density at radius 1 is 1.17 bits per heavy atom. The van der Waals surface area contributed by atoms with Gasteiger partial charge in [0.25, 0.3) is 5.91 Å². The van der Waals surface area contributed by atoms with Crippen molar-refractivity contribution in [1.82, 2.24) is 5.32 Å². The maximum Gasteiger partial charge on any atom is 0.415 e. The summed E-state index contributed by atoms with van der Waals surface area (Å²) in [6.07, 6.45) is -1.24. The molecule has 9 heteroatoms. The number of benzene rings is 1. The number of nitrogens with zero attached hydrogens (tertiary/aromatic N) is 2. The van der Waals surface area contributed by atoms with Gasteiger partial charge in [-0.3, -0.25) is 15.0 Å². The maximum absolute atomic E-state index is 12.5. The summed E-state index contributed by atoms with van der Waals surface area (Å²) in [6, 6.07) is 11.1. The number of amides is 2. The number of aliphatic hydroxyl groups is 1. The van der Waals surface area contributed by atoms with Gasteiger partial charge in [-0.05, 0) is 50.2 Å². The molecule has 160 valence electrons. The van der Waals surface area contributed by atoms with Crippen molar-refractivity contribution < 1.29 is 24.2 Å². The Hall–Kier alpha value is -2.46. The Labute approximate surface area is 179 Å². The molecule has 8 nitrogen and oxygen atoms in total. The zero-order chi connectivity index (χ0) is 21.3. The van der Waals surface area contributed by atoms with Gasteiger partial charge in [0.2, 0.25) is 0 Å². The van der Waals surface area contributed by atoms with Crippen LogP contribution in [0.25, 0.3) is 0 Å². The minimum Gasteiger partial charge on any atom is -0.440 e.